The molecule has 6 nitrogen and oxygen atoms in total. The minimum absolute atomic E-state index is 0. The molecule has 273 valence electrons. The number of carbonyl (C=O) groups is 3. The number of carboxylic acid groups (broad SMARTS) is 3. The van der Waals surface area contributed by atoms with Crippen molar-refractivity contribution in [1.29, 1.82) is 0 Å². The smallest absolute Gasteiger partial charge is 0.550 e. The molecule has 0 N–H and O–H groups in total. The molecule has 0 fully saturated rings. The molecular formula is C39H75CrO6. The zero-order valence-corrected chi connectivity index (χ0v) is 32.0. The van der Waals surface area contributed by atoms with Gasteiger partial charge in [0.25, 0.3) is 0 Å². The van der Waals surface area contributed by atoms with Crippen LogP contribution in [-0.2, 0) is 31.7 Å². The van der Waals surface area contributed by atoms with Gasteiger partial charge in [0.1, 0.15) is 0 Å². The molecule has 46 heavy (non-hydrogen) atoms. The molecule has 0 aromatic heterocycles. The average Bonchev–Trinajstić information content (AvgIpc) is 3.00. The Kier molecular flexibility index (Phi) is 54.4. The summed E-state index contributed by atoms with van der Waals surface area (Å²) in [4.78, 5) is 30.4. The maximum atomic E-state index is 10.1. The van der Waals surface area contributed by atoms with E-state index >= 15 is 0 Å². The second-order valence-electron chi connectivity index (χ2n) is 12.9. The Balaban J connectivity index is -0.000000285. The second kappa shape index (κ2) is 48.3. The van der Waals surface area contributed by atoms with Crippen molar-refractivity contribution in [1.82, 2.24) is 0 Å². The Labute approximate surface area is 296 Å². The van der Waals surface area contributed by atoms with Crippen LogP contribution in [0.25, 0.3) is 0 Å². The maximum Gasteiger partial charge on any atom is 3.00 e. The summed E-state index contributed by atoms with van der Waals surface area (Å²) >= 11 is 0. The van der Waals surface area contributed by atoms with Crippen molar-refractivity contribution in [3.05, 3.63) is 0 Å². The zero-order valence-electron chi connectivity index (χ0n) is 30.7. The van der Waals surface area contributed by atoms with Crippen LogP contribution in [-0.4, -0.2) is 17.9 Å². The number of carboxylic acids is 3. The molecule has 0 aromatic rings. The van der Waals surface area contributed by atoms with E-state index in [1.54, 1.807) is 0 Å². The molecule has 0 aliphatic rings. The number of unbranched alkanes of at least 4 members (excludes halogenated alkanes) is 27. The van der Waals surface area contributed by atoms with E-state index in [0.29, 0.717) is 0 Å². The third-order valence-corrected chi connectivity index (χ3v) is 8.20. The molecule has 0 rings (SSSR count). The molecule has 0 unspecified atom stereocenters. The number of carbonyl (C=O) groups excluding carboxylic acids is 3. The summed E-state index contributed by atoms with van der Waals surface area (Å²) in [5.41, 5.74) is 0. The van der Waals surface area contributed by atoms with Gasteiger partial charge in [-0.3, -0.25) is 0 Å². The van der Waals surface area contributed by atoms with Gasteiger partial charge in [-0.2, -0.15) is 0 Å². The van der Waals surface area contributed by atoms with Crippen molar-refractivity contribution in [2.24, 2.45) is 0 Å². The fraction of sp³-hybridized carbons (Fsp3) is 0.923. The standard InChI is InChI=1S/3C13H26O2.Cr/c3*1-2-3-4-5-6-7-8-9-10-11-12-13(14)15;/h3*2-12H2,1H3,(H,14,15);/q;;;+3/p-3. The summed E-state index contributed by atoms with van der Waals surface area (Å²) < 4.78 is 0. The van der Waals surface area contributed by atoms with Gasteiger partial charge in [-0.25, -0.2) is 0 Å². The van der Waals surface area contributed by atoms with Crippen LogP contribution >= 0.6 is 0 Å². The molecule has 0 saturated carbocycles. The number of rotatable bonds is 33. The fourth-order valence-corrected chi connectivity index (χ4v) is 5.27. The summed E-state index contributed by atoms with van der Waals surface area (Å²) in [5, 5.41) is 30.4. The van der Waals surface area contributed by atoms with E-state index in [-0.39, 0.29) is 36.6 Å². The summed E-state index contributed by atoms with van der Waals surface area (Å²) in [6.45, 7) is 6.70. The Morgan fingerprint density at radius 1 is 0.283 bits per heavy atom. The molecule has 1 radical (unpaired) electrons. The van der Waals surface area contributed by atoms with Crippen LogP contribution in [0.3, 0.4) is 0 Å². The molecular weight excluding hydrogens is 616 g/mol. The summed E-state index contributed by atoms with van der Waals surface area (Å²) in [6.07, 6.45) is 37.8. The molecule has 0 atom stereocenters. The predicted molar refractivity (Wildman–Crippen MR) is 184 cm³/mol. The van der Waals surface area contributed by atoms with Crippen molar-refractivity contribution < 1.29 is 47.1 Å². The molecule has 0 spiro atoms. The molecule has 0 aliphatic heterocycles. The van der Waals surface area contributed by atoms with Crippen LogP contribution in [0.4, 0.5) is 0 Å². The Morgan fingerprint density at radius 2 is 0.413 bits per heavy atom. The Hall–Kier alpha value is -1.06. The first-order valence-electron chi connectivity index (χ1n) is 19.4. The molecule has 0 heterocycles. The van der Waals surface area contributed by atoms with Crippen LogP contribution in [0.15, 0.2) is 0 Å². The van der Waals surface area contributed by atoms with Gasteiger partial charge in [0.05, 0.1) is 0 Å². The van der Waals surface area contributed by atoms with E-state index in [2.05, 4.69) is 20.8 Å². The molecule has 0 amide bonds. The van der Waals surface area contributed by atoms with E-state index in [0.717, 1.165) is 38.5 Å². The van der Waals surface area contributed by atoms with Gasteiger partial charge in [0.2, 0.25) is 0 Å². The van der Waals surface area contributed by atoms with E-state index < -0.39 is 17.9 Å². The minimum atomic E-state index is -0.908. The summed E-state index contributed by atoms with van der Waals surface area (Å²) in [7, 11) is 0. The van der Waals surface area contributed by atoms with Gasteiger partial charge in [-0.15, -0.1) is 0 Å². The van der Waals surface area contributed by atoms with Gasteiger partial charge in [0.15, 0.2) is 0 Å². The quantitative estimate of drug-likeness (QED) is 0.0633. The van der Waals surface area contributed by atoms with E-state index in [9.17, 15) is 29.7 Å². The van der Waals surface area contributed by atoms with E-state index in [1.807, 2.05) is 0 Å². The van der Waals surface area contributed by atoms with E-state index in [4.69, 9.17) is 0 Å². The molecule has 0 aromatic carbocycles. The third kappa shape index (κ3) is 61.9. The number of hydrogen-bond acceptors (Lipinski definition) is 6. The van der Waals surface area contributed by atoms with Gasteiger partial charge in [-0.1, -0.05) is 194 Å². The van der Waals surface area contributed by atoms with Crippen LogP contribution in [0.2, 0.25) is 0 Å². The van der Waals surface area contributed by atoms with Crippen molar-refractivity contribution in [2.75, 3.05) is 0 Å². The van der Waals surface area contributed by atoms with Crippen molar-refractivity contribution >= 4 is 17.9 Å². The first kappa shape index (κ1) is 51.8. The largest absolute Gasteiger partial charge is 3.00 e. The first-order chi connectivity index (χ1) is 21.8. The van der Waals surface area contributed by atoms with Gasteiger partial charge >= 0.3 is 17.4 Å². The summed E-state index contributed by atoms with van der Waals surface area (Å²) in [5.74, 6) is -2.72. The second-order valence-corrected chi connectivity index (χ2v) is 12.9. The van der Waals surface area contributed by atoms with Crippen LogP contribution in [0, 0.1) is 0 Å². The zero-order chi connectivity index (χ0) is 34.1. The maximum absolute atomic E-state index is 10.1. The van der Waals surface area contributed by atoms with Crippen LogP contribution in [0.1, 0.15) is 233 Å². The third-order valence-electron chi connectivity index (χ3n) is 8.20. The predicted octanol–water partition coefficient (Wildman–Crippen LogP) is 9.14. The normalized spacial score (nSPS) is 10.2. The topological polar surface area (TPSA) is 120 Å². The van der Waals surface area contributed by atoms with Crippen LogP contribution < -0.4 is 15.3 Å². The van der Waals surface area contributed by atoms with Crippen molar-refractivity contribution in [3.63, 3.8) is 0 Å². The van der Waals surface area contributed by atoms with Crippen molar-refractivity contribution in [2.45, 2.75) is 233 Å². The van der Waals surface area contributed by atoms with Gasteiger partial charge in [0, 0.05) is 17.9 Å². The SMILES string of the molecule is CCCCCCCCCCCCC(=O)[O-].CCCCCCCCCCCCC(=O)[O-].CCCCCCCCCCCCC(=O)[O-].[Cr+3]. The Bertz CT molecular complexity index is 518. The Morgan fingerprint density at radius 3 is 0.543 bits per heavy atom. The van der Waals surface area contributed by atoms with Crippen LogP contribution in [0.5, 0.6) is 0 Å². The molecule has 7 heteroatoms. The van der Waals surface area contributed by atoms with E-state index in [1.165, 1.54) is 154 Å². The monoisotopic (exact) mass is 691 g/mol. The first-order valence-corrected chi connectivity index (χ1v) is 19.4. The fourth-order valence-electron chi connectivity index (χ4n) is 5.27. The average molecular weight is 692 g/mol. The van der Waals surface area contributed by atoms with Crippen molar-refractivity contribution in [3.8, 4) is 0 Å². The van der Waals surface area contributed by atoms with Gasteiger partial charge < -0.3 is 29.7 Å². The molecule has 0 saturated heterocycles. The van der Waals surface area contributed by atoms with Gasteiger partial charge in [-0.05, 0) is 38.5 Å². The minimum Gasteiger partial charge on any atom is -0.550 e. The number of aliphatic carboxylic acids is 3. The number of hydrogen-bond donors (Lipinski definition) is 0. The molecule has 0 aliphatic carbocycles. The summed E-state index contributed by atoms with van der Waals surface area (Å²) in [6, 6.07) is 0. The molecule has 0 bridgehead atoms.